The highest BCUT2D eigenvalue weighted by molar-refractivity contribution is 4.93. The summed E-state index contributed by atoms with van der Waals surface area (Å²) in [5.41, 5.74) is 1.13. The Kier molecular flexibility index (Phi) is 19.3. The molecule has 0 fully saturated rings. The minimum absolute atomic E-state index is 0.546. The molecular formula is C32H66. The van der Waals surface area contributed by atoms with Crippen molar-refractivity contribution in [3.8, 4) is 0 Å². The van der Waals surface area contributed by atoms with Gasteiger partial charge in [0, 0.05) is 0 Å². The second-order valence-electron chi connectivity index (χ2n) is 12.1. The van der Waals surface area contributed by atoms with Crippen LogP contribution in [-0.4, -0.2) is 0 Å². The first-order valence-electron chi connectivity index (χ1n) is 15.4. The molecule has 0 saturated heterocycles. The quantitative estimate of drug-likeness (QED) is 0.145. The highest BCUT2D eigenvalue weighted by Gasteiger charge is 2.42. The topological polar surface area (TPSA) is 0 Å². The van der Waals surface area contributed by atoms with Gasteiger partial charge < -0.3 is 0 Å². The van der Waals surface area contributed by atoms with Gasteiger partial charge in [-0.05, 0) is 67.6 Å². The standard InChI is InChI=1S/C32H66/c1-9-15-21-29(7)27-30(22-16-10-2)32(25-19-13-5,26-20-14-6)28-31(8,23-17-11-3)24-18-12-4/h29-30H,9-28H2,1-8H3. The van der Waals surface area contributed by atoms with Crippen molar-refractivity contribution in [1.29, 1.82) is 0 Å². The molecule has 0 spiro atoms. The maximum Gasteiger partial charge on any atom is -0.0264 e. The normalized spacial score (nSPS) is 14.6. The van der Waals surface area contributed by atoms with Crippen molar-refractivity contribution < 1.29 is 0 Å². The van der Waals surface area contributed by atoms with E-state index < -0.39 is 0 Å². The van der Waals surface area contributed by atoms with E-state index in [9.17, 15) is 0 Å². The molecule has 194 valence electrons. The Morgan fingerprint density at radius 2 is 0.938 bits per heavy atom. The summed E-state index contributed by atoms with van der Waals surface area (Å²) >= 11 is 0. The number of rotatable bonds is 23. The van der Waals surface area contributed by atoms with Crippen LogP contribution in [-0.2, 0) is 0 Å². The summed E-state index contributed by atoms with van der Waals surface area (Å²) in [4.78, 5) is 0. The van der Waals surface area contributed by atoms with Crippen molar-refractivity contribution in [3.63, 3.8) is 0 Å². The van der Waals surface area contributed by atoms with E-state index in [1.165, 1.54) is 128 Å². The lowest BCUT2D eigenvalue weighted by Gasteiger charge is -2.49. The molecule has 2 atom stereocenters. The molecule has 0 amide bonds. The third-order valence-electron chi connectivity index (χ3n) is 8.61. The molecule has 0 rings (SSSR count). The molecule has 0 saturated carbocycles. The van der Waals surface area contributed by atoms with Gasteiger partial charge in [0.2, 0.25) is 0 Å². The molecule has 0 aliphatic carbocycles. The van der Waals surface area contributed by atoms with E-state index in [-0.39, 0.29) is 0 Å². The van der Waals surface area contributed by atoms with Crippen LogP contribution in [0, 0.1) is 22.7 Å². The summed E-state index contributed by atoms with van der Waals surface area (Å²) < 4.78 is 0. The minimum atomic E-state index is 0.546. The molecule has 0 aromatic carbocycles. The lowest BCUT2D eigenvalue weighted by Crippen LogP contribution is -2.38. The monoisotopic (exact) mass is 451 g/mol. The van der Waals surface area contributed by atoms with E-state index in [1.807, 2.05) is 0 Å². The van der Waals surface area contributed by atoms with E-state index in [1.54, 1.807) is 0 Å². The Hall–Kier alpha value is 0. The van der Waals surface area contributed by atoms with Gasteiger partial charge in [0.25, 0.3) is 0 Å². The molecule has 0 aliphatic heterocycles. The van der Waals surface area contributed by atoms with E-state index in [0.29, 0.717) is 10.8 Å². The van der Waals surface area contributed by atoms with E-state index in [2.05, 4.69) is 55.4 Å². The highest BCUT2D eigenvalue weighted by atomic mass is 14.5. The van der Waals surface area contributed by atoms with Crippen molar-refractivity contribution in [2.75, 3.05) is 0 Å². The first-order valence-corrected chi connectivity index (χ1v) is 15.4. The maximum absolute atomic E-state index is 2.70. The molecule has 2 unspecified atom stereocenters. The molecule has 0 nitrogen and oxygen atoms in total. The minimum Gasteiger partial charge on any atom is -0.0654 e. The highest BCUT2D eigenvalue weighted by Crippen LogP contribution is 2.54. The number of hydrogen-bond donors (Lipinski definition) is 0. The number of unbranched alkanes of at least 4 members (excludes halogenated alkanes) is 6. The van der Waals surface area contributed by atoms with Crippen LogP contribution in [0.4, 0.5) is 0 Å². The third-order valence-corrected chi connectivity index (χ3v) is 8.61. The van der Waals surface area contributed by atoms with Gasteiger partial charge in [-0.25, -0.2) is 0 Å². The summed E-state index contributed by atoms with van der Waals surface area (Å²) in [6.07, 6.45) is 28.5. The summed E-state index contributed by atoms with van der Waals surface area (Å²) in [5.74, 6) is 1.84. The Bertz CT molecular complexity index is 379. The molecule has 0 bridgehead atoms. The van der Waals surface area contributed by atoms with Gasteiger partial charge in [-0.1, -0.05) is 139 Å². The van der Waals surface area contributed by atoms with Crippen LogP contribution in [0.25, 0.3) is 0 Å². The lowest BCUT2D eigenvalue weighted by molar-refractivity contribution is 0.0204. The van der Waals surface area contributed by atoms with Crippen LogP contribution < -0.4 is 0 Å². The van der Waals surface area contributed by atoms with Gasteiger partial charge in [0.05, 0.1) is 0 Å². The van der Waals surface area contributed by atoms with Crippen LogP contribution in [0.5, 0.6) is 0 Å². The first kappa shape index (κ1) is 32.0. The van der Waals surface area contributed by atoms with Crippen molar-refractivity contribution in [2.24, 2.45) is 22.7 Å². The van der Waals surface area contributed by atoms with Crippen molar-refractivity contribution in [2.45, 2.75) is 184 Å². The van der Waals surface area contributed by atoms with Gasteiger partial charge in [0.15, 0.2) is 0 Å². The van der Waals surface area contributed by atoms with Gasteiger partial charge in [0.1, 0.15) is 0 Å². The van der Waals surface area contributed by atoms with Crippen LogP contribution in [0.2, 0.25) is 0 Å². The molecule has 0 radical (unpaired) electrons. The van der Waals surface area contributed by atoms with Crippen molar-refractivity contribution in [1.82, 2.24) is 0 Å². The summed E-state index contributed by atoms with van der Waals surface area (Å²) in [5, 5.41) is 0. The molecule has 0 aromatic rings. The maximum atomic E-state index is 2.70. The molecule has 0 aliphatic rings. The molecule has 0 heterocycles. The molecule has 0 N–H and O–H groups in total. The van der Waals surface area contributed by atoms with Gasteiger partial charge in [-0.2, -0.15) is 0 Å². The average Bonchev–Trinajstić information content (AvgIpc) is 2.79. The average molecular weight is 451 g/mol. The molecule has 0 aromatic heterocycles. The molecule has 32 heavy (non-hydrogen) atoms. The van der Waals surface area contributed by atoms with E-state index >= 15 is 0 Å². The zero-order valence-corrected chi connectivity index (χ0v) is 24.3. The van der Waals surface area contributed by atoms with Crippen molar-refractivity contribution in [3.05, 3.63) is 0 Å². The molecular weight excluding hydrogens is 384 g/mol. The fraction of sp³-hybridized carbons (Fsp3) is 1.00. The Balaban J connectivity index is 6.08. The SMILES string of the molecule is CCCCC(C)CC(CCCC)C(CCCC)(CCCC)CC(C)(CCCC)CCCC. The molecule has 0 heteroatoms. The first-order chi connectivity index (χ1) is 15.4. The number of hydrogen-bond acceptors (Lipinski definition) is 0. The largest absolute Gasteiger partial charge is 0.0654 e. The zero-order valence-electron chi connectivity index (χ0n) is 24.3. The Morgan fingerprint density at radius 1 is 0.531 bits per heavy atom. The zero-order chi connectivity index (χ0) is 24.3. The van der Waals surface area contributed by atoms with Crippen LogP contribution in [0.15, 0.2) is 0 Å². The summed E-state index contributed by atoms with van der Waals surface area (Å²) in [6.45, 7) is 19.7. The van der Waals surface area contributed by atoms with Gasteiger partial charge >= 0.3 is 0 Å². The fourth-order valence-electron chi connectivity index (χ4n) is 6.55. The second kappa shape index (κ2) is 19.3. The Morgan fingerprint density at radius 3 is 1.38 bits per heavy atom. The van der Waals surface area contributed by atoms with Crippen LogP contribution in [0.1, 0.15) is 184 Å². The smallest absolute Gasteiger partial charge is 0.0264 e. The summed E-state index contributed by atoms with van der Waals surface area (Å²) in [6, 6.07) is 0. The van der Waals surface area contributed by atoms with Crippen molar-refractivity contribution >= 4 is 0 Å². The fourth-order valence-corrected chi connectivity index (χ4v) is 6.55. The predicted octanol–water partition coefficient (Wildman–Crippen LogP) is 12.2. The van der Waals surface area contributed by atoms with E-state index in [4.69, 9.17) is 0 Å². The lowest BCUT2D eigenvalue weighted by atomic mass is 9.56. The summed E-state index contributed by atoms with van der Waals surface area (Å²) in [7, 11) is 0. The van der Waals surface area contributed by atoms with Gasteiger partial charge in [-0.15, -0.1) is 0 Å². The van der Waals surface area contributed by atoms with Crippen LogP contribution >= 0.6 is 0 Å². The Labute approximate surface area is 206 Å². The van der Waals surface area contributed by atoms with E-state index in [0.717, 1.165) is 11.8 Å². The van der Waals surface area contributed by atoms with Gasteiger partial charge in [-0.3, -0.25) is 0 Å². The third kappa shape index (κ3) is 13.0. The second-order valence-corrected chi connectivity index (χ2v) is 12.1. The predicted molar refractivity (Wildman–Crippen MR) is 150 cm³/mol. The van der Waals surface area contributed by atoms with Crippen LogP contribution in [0.3, 0.4) is 0 Å².